The molecule has 0 saturated heterocycles. The molecule has 0 aliphatic rings. The summed E-state index contributed by atoms with van der Waals surface area (Å²) in [6, 6.07) is 13.7. The molecule has 0 atom stereocenters. The highest BCUT2D eigenvalue weighted by molar-refractivity contribution is 5.85. The lowest BCUT2D eigenvalue weighted by Gasteiger charge is -2.11. The highest BCUT2D eigenvalue weighted by Gasteiger charge is 2.10. The Bertz CT molecular complexity index is 627. The van der Waals surface area contributed by atoms with Crippen molar-refractivity contribution in [2.75, 3.05) is 21.3 Å². The summed E-state index contributed by atoms with van der Waals surface area (Å²) in [7, 11) is 4.79. The van der Waals surface area contributed by atoms with Crippen LogP contribution in [0.1, 0.15) is 11.1 Å². The van der Waals surface area contributed by atoms with Crippen LogP contribution in [0.25, 0.3) is 0 Å². The molecule has 0 heterocycles. The van der Waals surface area contributed by atoms with Crippen molar-refractivity contribution >= 4 is 6.21 Å². The number of rotatable bonds is 7. The number of methoxy groups -OCH3 is 3. The average molecular weight is 300 g/mol. The molecule has 0 spiro atoms. The van der Waals surface area contributed by atoms with Gasteiger partial charge in [-0.05, 0) is 11.6 Å². The molecule has 0 aliphatic heterocycles. The van der Waals surface area contributed by atoms with E-state index in [1.807, 2.05) is 36.4 Å². The monoisotopic (exact) mass is 300 g/mol. The first-order valence-electron chi connectivity index (χ1n) is 6.88. The maximum atomic E-state index is 5.35. The van der Waals surface area contributed by atoms with E-state index in [1.165, 1.54) is 5.56 Å². The summed E-state index contributed by atoms with van der Waals surface area (Å²) in [5, 5.41) is 4.23. The molecule has 5 nitrogen and oxygen atoms in total. The Balaban J connectivity index is 2.09. The molecule has 1 N–H and O–H groups in total. The van der Waals surface area contributed by atoms with Crippen LogP contribution < -0.4 is 19.6 Å². The summed E-state index contributed by atoms with van der Waals surface area (Å²) in [5.41, 5.74) is 4.98. The van der Waals surface area contributed by atoms with Gasteiger partial charge < -0.3 is 19.6 Å². The summed E-state index contributed by atoms with van der Waals surface area (Å²) in [4.78, 5) is 0. The predicted molar refractivity (Wildman–Crippen MR) is 87.0 cm³/mol. The Hall–Kier alpha value is -2.69. The van der Waals surface area contributed by atoms with Crippen molar-refractivity contribution in [3.05, 3.63) is 53.6 Å². The van der Waals surface area contributed by atoms with Crippen molar-refractivity contribution in [3.63, 3.8) is 0 Å². The van der Waals surface area contributed by atoms with E-state index in [9.17, 15) is 0 Å². The van der Waals surface area contributed by atoms with Gasteiger partial charge in [0, 0.05) is 11.6 Å². The minimum Gasteiger partial charge on any atom is -0.496 e. The predicted octanol–water partition coefficient (Wildman–Crippen LogP) is 2.84. The van der Waals surface area contributed by atoms with Gasteiger partial charge in [-0.2, -0.15) is 5.10 Å². The molecule has 2 rings (SSSR count). The summed E-state index contributed by atoms with van der Waals surface area (Å²) in [5.74, 6) is 1.92. The Morgan fingerprint density at radius 1 is 0.909 bits per heavy atom. The molecular weight excluding hydrogens is 280 g/mol. The highest BCUT2D eigenvalue weighted by Crippen LogP contribution is 2.33. The Morgan fingerprint density at radius 2 is 1.55 bits per heavy atom. The molecule has 0 fully saturated rings. The van der Waals surface area contributed by atoms with E-state index >= 15 is 0 Å². The second-order valence-electron chi connectivity index (χ2n) is 4.53. The summed E-state index contributed by atoms with van der Waals surface area (Å²) in [6.07, 6.45) is 1.70. The fourth-order valence-corrected chi connectivity index (χ4v) is 2.00. The van der Waals surface area contributed by atoms with Crippen LogP contribution in [0.4, 0.5) is 0 Å². The Labute approximate surface area is 130 Å². The quantitative estimate of drug-likeness (QED) is 0.631. The molecule has 0 aliphatic carbocycles. The molecule has 22 heavy (non-hydrogen) atoms. The van der Waals surface area contributed by atoms with E-state index in [4.69, 9.17) is 14.2 Å². The lowest BCUT2D eigenvalue weighted by molar-refractivity contribution is 0.349. The zero-order valence-electron chi connectivity index (χ0n) is 13.0. The van der Waals surface area contributed by atoms with E-state index in [1.54, 1.807) is 33.6 Å². The fraction of sp³-hybridized carbons (Fsp3) is 0.235. The van der Waals surface area contributed by atoms with E-state index in [-0.39, 0.29) is 0 Å². The fourth-order valence-electron chi connectivity index (χ4n) is 2.00. The number of hydrazone groups is 1. The molecule has 0 radical (unpaired) electrons. The Kier molecular flexibility index (Phi) is 5.65. The van der Waals surface area contributed by atoms with Crippen molar-refractivity contribution in [3.8, 4) is 17.2 Å². The first-order valence-corrected chi connectivity index (χ1v) is 6.88. The van der Waals surface area contributed by atoms with Crippen LogP contribution in [-0.2, 0) is 6.54 Å². The zero-order chi connectivity index (χ0) is 15.8. The third-order valence-electron chi connectivity index (χ3n) is 3.16. The number of hydrogen-bond acceptors (Lipinski definition) is 5. The normalized spacial score (nSPS) is 10.5. The van der Waals surface area contributed by atoms with Crippen LogP contribution in [0.2, 0.25) is 0 Å². The zero-order valence-corrected chi connectivity index (χ0v) is 13.0. The maximum absolute atomic E-state index is 5.35. The van der Waals surface area contributed by atoms with Crippen LogP contribution in [-0.4, -0.2) is 27.5 Å². The first kappa shape index (κ1) is 15.7. The van der Waals surface area contributed by atoms with Crippen LogP contribution in [0, 0.1) is 0 Å². The van der Waals surface area contributed by atoms with Crippen LogP contribution >= 0.6 is 0 Å². The van der Waals surface area contributed by atoms with E-state index in [0.29, 0.717) is 23.8 Å². The van der Waals surface area contributed by atoms with Crippen LogP contribution in [0.15, 0.2) is 47.6 Å². The van der Waals surface area contributed by atoms with Gasteiger partial charge in [0.05, 0.1) is 34.1 Å². The highest BCUT2D eigenvalue weighted by atomic mass is 16.5. The summed E-state index contributed by atoms with van der Waals surface area (Å²) < 4.78 is 15.9. The van der Waals surface area contributed by atoms with Gasteiger partial charge in [-0.3, -0.25) is 0 Å². The standard InChI is InChI=1S/C17H20N2O3/c1-20-15-10-17(22-3)16(21-2)9-14(15)12-19-18-11-13-7-5-4-6-8-13/h4-10,12,18H,11H2,1-3H3. The summed E-state index contributed by atoms with van der Waals surface area (Å²) in [6.45, 7) is 0.660. The lowest BCUT2D eigenvalue weighted by Crippen LogP contribution is -2.05. The largest absolute Gasteiger partial charge is 0.496 e. The number of nitrogens with one attached hydrogen (secondary N) is 1. The smallest absolute Gasteiger partial charge is 0.164 e. The van der Waals surface area contributed by atoms with Gasteiger partial charge in [0.25, 0.3) is 0 Å². The topological polar surface area (TPSA) is 52.1 Å². The molecule has 0 amide bonds. The number of benzene rings is 2. The third kappa shape index (κ3) is 3.91. The Morgan fingerprint density at radius 3 is 2.18 bits per heavy atom. The van der Waals surface area contributed by atoms with E-state index in [0.717, 1.165) is 5.56 Å². The van der Waals surface area contributed by atoms with Crippen molar-refractivity contribution in [2.45, 2.75) is 6.54 Å². The molecule has 5 heteroatoms. The van der Waals surface area contributed by atoms with Crippen LogP contribution in [0.5, 0.6) is 17.2 Å². The van der Waals surface area contributed by atoms with Crippen molar-refractivity contribution < 1.29 is 14.2 Å². The van der Waals surface area contributed by atoms with Crippen molar-refractivity contribution in [1.29, 1.82) is 0 Å². The first-order chi connectivity index (χ1) is 10.8. The number of nitrogens with zero attached hydrogens (tertiary/aromatic N) is 1. The lowest BCUT2D eigenvalue weighted by atomic mass is 10.2. The van der Waals surface area contributed by atoms with E-state index < -0.39 is 0 Å². The summed E-state index contributed by atoms with van der Waals surface area (Å²) >= 11 is 0. The van der Waals surface area contributed by atoms with Gasteiger partial charge in [-0.1, -0.05) is 30.3 Å². The molecule has 116 valence electrons. The van der Waals surface area contributed by atoms with Gasteiger partial charge in [-0.25, -0.2) is 0 Å². The molecule has 0 saturated carbocycles. The second-order valence-corrected chi connectivity index (χ2v) is 4.53. The minimum atomic E-state index is 0.619. The second kappa shape index (κ2) is 7.93. The molecule has 0 aromatic heterocycles. The average Bonchev–Trinajstić information content (AvgIpc) is 2.58. The molecule has 0 unspecified atom stereocenters. The van der Waals surface area contributed by atoms with Gasteiger partial charge >= 0.3 is 0 Å². The SMILES string of the molecule is COc1cc(OC)c(OC)cc1C=NNCc1ccccc1. The van der Waals surface area contributed by atoms with Gasteiger partial charge in [0.2, 0.25) is 0 Å². The van der Waals surface area contributed by atoms with Crippen molar-refractivity contribution in [2.24, 2.45) is 5.10 Å². The van der Waals surface area contributed by atoms with Crippen LogP contribution in [0.3, 0.4) is 0 Å². The van der Waals surface area contributed by atoms with Gasteiger partial charge in [-0.15, -0.1) is 0 Å². The molecule has 2 aromatic rings. The van der Waals surface area contributed by atoms with E-state index in [2.05, 4.69) is 10.5 Å². The third-order valence-corrected chi connectivity index (χ3v) is 3.16. The van der Waals surface area contributed by atoms with Gasteiger partial charge in [0.1, 0.15) is 5.75 Å². The van der Waals surface area contributed by atoms with Gasteiger partial charge in [0.15, 0.2) is 11.5 Å². The molecule has 0 bridgehead atoms. The minimum absolute atomic E-state index is 0.619. The number of ether oxygens (including phenoxy) is 3. The van der Waals surface area contributed by atoms with Crippen molar-refractivity contribution in [1.82, 2.24) is 5.43 Å². The maximum Gasteiger partial charge on any atom is 0.164 e. The molecule has 2 aromatic carbocycles. The molecular formula is C17H20N2O3. The number of hydrogen-bond donors (Lipinski definition) is 1.